The van der Waals surface area contributed by atoms with E-state index in [1.54, 1.807) is 7.05 Å². The van der Waals surface area contributed by atoms with Crippen molar-refractivity contribution in [3.05, 3.63) is 29.3 Å². The molecule has 0 aromatic heterocycles. The van der Waals surface area contributed by atoms with E-state index in [4.69, 9.17) is 0 Å². The first-order chi connectivity index (χ1) is 8.01. The average Bonchev–Trinajstić information content (AvgIpc) is 2.27. The van der Waals surface area contributed by atoms with E-state index in [1.807, 2.05) is 6.92 Å². The van der Waals surface area contributed by atoms with Crippen molar-refractivity contribution in [2.45, 2.75) is 13.3 Å². The first-order valence-corrected chi connectivity index (χ1v) is 5.43. The van der Waals surface area contributed by atoms with Crippen molar-refractivity contribution < 1.29 is 13.6 Å². The van der Waals surface area contributed by atoms with Crippen molar-refractivity contribution in [1.29, 1.82) is 0 Å². The summed E-state index contributed by atoms with van der Waals surface area (Å²) in [6, 6.07) is 2.09. The molecule has 1 rings (SSSR count). The topological polar surface area (TPSA) is 32.3 Å². The van der Waals surface area contributed by atoms with Gasteiger partial charge in [-0.15, -0.1) is 0 Å². The smallest absolute Gasteiger partial charge is 0.253 e. The Morgan fingerprint density at radius 2 is 1.88 bits per heavy atom. The van der Waals surface area contributed by atoms with Crippen LogP contribution in [0, 0.1) is 11.6 Å². The van der Waals surface area contributed by atoms with Gasteiger partial charge in [-0.3, -0.25) is 4.79 Å². The Morgan fingerprint density at radius 3 is 2.29 bits per heavy atom. The standard InChI is InChI=1S/C12H16F2N2O/c1-4-5-16(3)12(17)8-6-9(13)11(15-2)10(14)7-8/h6-7,15H,4-5H2,1-3H3. The molecule has 0 saturated heterocycles. The molecular formula is C12H16F2N2O. The Balaban J connectivity index is 3.04. The van der Waals surface area contributed by atoms with Gasteiger partial charge < -0.3 is 10.2 Å². The number of benzene rings is 1. The highest BCUT2D eigenvalue weighted by atomic mass is 19.1. The lowest BCUT2D eigenvalue weighted by Crippen LogP contribution is -2.27. The summed E-state index contributed by atoms with van der Waals surface area (Å²) in [5, 5.41) is 2.41. The molecule has 0 spiro atoms. The predicted molar refractivity (Wildman–Crippen MR) is 63.2 cm³/mol. The molecule has 0 heterocycles. The normalized spacial score (nSPS) is 10.2. The Morgan fingerprint density at radius 1 is 1.35 bits per heavy atom. The number of hydrogen-bond acceptors (Lipinski definition) is 2. The summed E-state index contributed by atoms with van der Waals surface area (Å²) >= 11 is 0. The largest absolute Gasteiger partial charge is 0.383 e. The zero-order valence-corrected chi connectivity index (χ0v) is 10.2. The van der Waals surface area contributed by atoms with Gasteiger partial charge >= 0.3 is 0 Å². The molecule has 0 aliphatic heterocycles. The van der Waals surface area contributed by atoms with E-state index in [0.717, 1.165) is 18.6 Å². The molecule has 0 radical (unpaired) electrons. The summed E-state index contributed by atoms with van der Waals surface area (Å²) in [7, 11) is 3.03. The second-order valence-electron chi connectivity index (χ2n) is 3.79. The van der Waals surface area contributed by atoms with E-state index in [-0.39, 0.29) is 17.2 Å². The van der Waals surface area contributed by atoms with Gasteiger partial charge in [-0.1, -0.05) is 6.92 Å². The number of anilines is 1. The molecule has 0 fully saturated rings. The van der Waals surface area contributed by atoms with Crippen molar-refractivity contribution in [3.63, 3.8) is 0 Å². The summed E-state index contributed by atoms with van der Waals surface area (Å²) in [5.74, 6) is -1.91. The maximum atomic E-state index is 13.4. The van der Waals surface area contributed by atoms with Crippen LogP contribution in [-0.4, -0.2) is 31.4 Å². The number of rotatable bonds is 4. The Bertz CT molecular complexity index is 398. The molecule has 0 unspecified atom stereocenters. The van der Waals surface area contributed by atoms with Crippen LogP contribution < -0.4 is 5.32 Å². The van der Waals surface area contributed by atoms with Crippen molar-refractivity contribution >= 4 is 11.6 Å². The van der Waals surface area contributed by atoms with Gasteiger partial charge in [0.25, 0.3) is 5.91 Å². The molecule has 3 nitrogen and oxygen atoms in total. The van der Waals surface area contributed by atoms with E-state index in [1.165, 1.54) is 11.9 Å². The summed E-state index contributed by atoms with van der Waals surface area (Å²) in [6.07, 6.45) is 0.793. The molecular weight excluding hydrogens is 226 g/mol. The Hall–Kier alpha value is -1.65. The van der Waals surface area contributed by atoms with Crippen molar-refractivity contribution in [3.8, 4) is 0 Å². The highest BCUT2D eigenvalue weighted by molar-refractivity contribution is 5.94. The first-order valence-electron chi connectivity index (χ1n) is 5.43. The van der Waals surface area contributed by atoms with Gasteiger partial charge in [0.15, 0.2) is 0 Å². The molecule has 0 saturated carbocycles. The Kier molecular flexibility index (Phi) is 4.43. The molecule has 1 aromatic rings. The van der Waals surface area contributed by atoms with E-state index in [9.17, 15) is 13.6 Å². The molecule has 1 N–H and O–H groups in total. The first kappa shape index (κ1) is 13.4. The molecule has 0 aliphatic rings. The van der Waals surface area contributed by atoms with Gasteiger partial charge in [-0.25, -0.2) is 8.78 Å². The molecule has 5 heteroatoms. The third-order valence-corrected chi connectivity index (χ3v) is 2.44. The minimum Gasteiger partial charge on any atom is -0.383 e. The average molecular weight is 242 g/mol. The fourth-order valence-electron chi connectivity index (χ4n) is 1.59. The maximum Gasteiger partial charge on any atom is 0.253 e. The summed E-state index contributed by atoms with van der Waals surface area (Å²) in [5.41, 5.74) is -0.199. The van der Waals surface area contributed by atoms with Gasteiger partial charge in [-0.05, 0) is 18.6 Å². The van der Waals surface area contributed by atoms with Gasteiger partial charge in [0.05, 0.1) is 0 Å². The SMILES string of the molecule is CCCN(C)C(=O)c1cc(F)c(NC)c(F)c1. The van der Waals surface area contributed by atoms with Crippen LogP contribution in [-0.2, 0) is 0 Å². The van der Waals surface area contributed by atoms with E-state index in [0.29, 0.717) is 6.54 Å². The number of hydrogen-bond donors (Lipinski definition) is 1. The third kappa shape index (κ3) is 2.93. The number of nitrogens with zero attached hydrogens (tertiary/aromatic N) is 1. The predicted octanol–water partition coefficient (Wildman–Crippen LogP) is 2.49. The lowest BCUT2D eigenvalue weighted by Gasteiger charge is -2.16. The number of carbonyl (C=O) groups excluding carboxylic acids is 1. The molecule has 1 amide bonds. The third-order valence-electron chi connectivity index (χ3n) is 2.44. The summed E-state index contributed by atoms with van der Waals surface area (Å²) in [4.78, 5) is 13.2. The summed E-state index contributed by atoms with van der Waals surface area (Å²) in [6.45, 7) is 2.48. The fraction of sp³-hybridized carbons (Fsp3) is 0.417. The zero-order chi connectivity index (χ0) is 13.0. The number of carbonyl (C=O) groups is 1. The number of nitrogens with one attached hydrogen (secondary N) is 1. The van der Waals surface area contributed by atoms with Gasteiger partial charge in [-0.2, -0.15) is 0 Å². The van der Waals surface area contributed by atoms with Gasteiger partial charge in [0.1, 0.15) is 17.3 Å². The van der Waals surface area contributed by atoms with Crippen LogP contribution >= 0.6 is 0 Å². The van der Waals surface area contributed by atoms with Crippen LogP contribution in [0.5, 0.6) is 0 Å². The van der Waals surface area contributed by atoms with Crippen molar-refractivity contribution in [2.75, 3.05) is 26.0 Å². The van der Waals surface area contributed by atoms with Crippen LogP contribution in [0.2, 0.25) is 0 Å². The molecule has 1 aromatic carbocycles. The van der Waals surface area contributed by atoms with Gasteiger partial charge in [0.2, 0.25) is 0 Å². The molecule has 94 valence electrons. The quantitative estimate of drug-likeness (QED) is 0.879. The van der Waals surface area contributed by atoms with E-state index in [2.05, 4.69) is 5.32 Å². The summed E-state index contributed by atoms with van der Waals surface area (Å²) < 4.78 is 26.9. The van der Waals surface area contributed by atoms with Crippen LogP contribution in [0.3, 0.4) is 0 Å². The van der Waals surface area contributed by atoms with E-state index >= 15 is 0 Å². The molecule has 17 heavy (non-hydrogen) atoms. The van der Waals surface area contributed by atoms with Gasteiger partial charge in [0, 0.05) is 26.2 Å². The number of amides is 1. The Labute approximate surface area is 99.4 Å². The lowest BCUT2D eigenvalue weighted by atomic mass is 10.1. The van der Waals surface area contributed by atoms with Crippen molar-refractivity contribution in [1.82, 2.24) is 4.90 Å². The van der Waals surface area contributed by atoms with Crippen LogP contribution in [0.4, 0.5) is 14.5 Å². The minimum absolute atomic E-state index is 0.0231. The van der Waals surface area contributed by atoms with Crippen molar-refractivity contribution in [2.24, 2.45) is 0 Å². The van der Waals surface area contributed by atoms with Crippen LogP contribution in [0.25, 0.3) is 0 Å². The highest BCUT2D eigenvalue weighted by Crippen LogP contribution is 2.20. The fourth-order valence-corrected chi connectivity index (χ4v) is 1.59. The second-order valence-corrected chi connectivity index (χ2v) is 3.79. The van der Waals surface area contributed by atoms with Crippen LogP contribution in [0.15, 0.2) is 12.1 Å². The minimum atomic E-state index is -0.763. The molecule has 0 atom stereocenters. The monoisotopic (exact) mass is 242 g/mol. The maximum absolute atomic E-state index is 13.4. The molecule has 0 aliphatic carbocycles. The molecule has 0 bridgehead atoms. The zero-order valence-electron chi connectivity index (χ0n) is 10.2. The lowest BCUT2D eigenvalue weighted by molar-refractivity contribution is 0.0794. The highest BCUT2D eigenvalue weighted by Gasteiger charge is 2.16. The van der Waals surface area contributed by atoms with Crippen LogP contribution in [0.1, 0.15) is 23.7 Å². The second kappa shape index (κ2) is 5.61. The van der Waals surface area contributed by atoms with E-state index < -0.39 is 11.6 Å². The number of halogens is 2.